The summed E-state index contributed by atoms with van der Waals surface area (Å²) in [6.07, 6.45) is 4.45. The van der Waals surface area contributed by atoms with Gasteiger partial charge in [0.2, 0.25) is 5.91 Å². The Kier molecular flexibility index (Phi) is 3.48. The molecule has 1 saturated heterocycles. The average molecular weight is 458 g/mol. The van der Waals surface area contributed by atoms with E-state index in [1.165, 1.54) is 12.8 Å². The molecule has 3 atom stereocenters. The Hall–Kier alpha value is 0.910. The van der Waals surface area contributed by atoms with Gasteiger partial charge in [-0.2, -0.15) is 0 Å². The first-order valence-electron chi connectivity index (χ1n) is 7.04. The Morgan fingerprint density at radius 2 is 1.79 bits per heavy atom. The zero-order valence-electron chi connectivity index (χ0n) is 11.4. The van der Waals surface area contributed by atoms with Gasteiger partial charge in [0.1, 0.15) is 0 Å². The highest BCUT2D eigenvalue weighted by atomic mass is 79.9. The lowest BCUT2D eigenvalue weighted by molar-refractivity contribution is -0.171. The molecule has 2 nitrogen and oxygen atoms in total. The van der Waals surface area contributed by atoms with Crippen molar-refractivity contribution in [2.24, 2.45) is 16.2 Å². The number of carbonyl (C=O) groups excluding carboxylic acids is 1. The summed E-state index contributed by atoms with van der Waals surface area (Å²) in [6, 6.07) is 0. The van der Waals surface area contributed by atoms with Gasteiger partial charge in [0.05, 0.1) is 9.15 Å². The van der Waals surface area contributed by atoms with Crippen LogP contribution in [-0.4, -0.2) is 32.5 Å². The lowest BCUT2D eigenvalue weighted by Crippen LogP contribution is -2.72. The fourth-order valence-corrected chi connectivity index (χ4v) is 9.77. The third-order valence-corrected chi connectivity index (χ3v) is 9.49. The quantitative estimate of drug-likeness (QED) is 0.566. The van der Waals surface area contributed by atoms with E-state index in [0.29, 0.717) is 5.91 Å². The fraction of sp³-hybridized carbons (Fsp3) is 0.929. The van der Waals surface area contributed by atoms with Crippen molar-refractivity contribution in [1.29, 1.82) is 0 Å². The second-order valence-corrected chi connectivity index (χ2v) is 10.8. The van der Waals surface area contributed by atoms with Gasteiger partial charge in [-0.1, -0.05) is 61.6 Å². The van der Waals surface area contributed by atoms with E-state index in [1.807, 2.05) is 0 Å². The zero-order chi connectivity index (χ0) is 14.1. The van der Waals surface area contributed by atoms with Crippen molar-refractivity contribution in [3.63, 3.8) is 0 Å². The minimum absolute atomic E-state index is 0.0332. The van der Waals surface area contributed by atoms with Crippen molar-refractivity contribution in [2.45, 2.75) is 48.1 Å². The van der Waals surface area contributed by atoms with Crippen molar-refractivity contribution in [3.05, 3.63) is 0 Å². The van der Waals surface area contributed by atoms with Gasteiger partial charge in [-0.3, -0.25) is 4.79 Å². The van der Waals surface area contributed by atoms with E-state index in [0.717, 1.165) is 25.9 Å². The summed E-state index contributed by atoms with van der Waals surface area (Å²) in [6.45, 7) is 6.47. The maximum absolute atomic E-state index is 13.1. The van der Waals surface area contributed by atoms with Crippen LogP contribution in [-0.2, 0) is 4.79 Å². The number of fused-ring (bicyclic) bond motifs is 1. The van der Waals surface area contributed by atoms with Crippen LogP contribution in [0.25, 0.3) is 0 Å². The van der Waals surface area contributed by atoms with E-state index in [2.05, 4.69) is 66.5 Å². The van der Waals surface area contributed by atoms with Crippen LogP contribution >= 0.6 is 47.8 Å². The molecule has 0 radical (unpaired) electrons. The summed E-state index contributed by atoms with van der Waals surface area (Å²) >= 11 is 11.3. The summed E-state index contributed by atoms with van der Waals surface area (Å²) in [5, 5.41) is 0. The maximum Gasteiger partial charge on any atom is 0.230 e. The van der Waals surface area contributed by atoms with Gasteiger partial charge in [0.15, 0.2) is 0 Å². The second-order valence-electron chi connectivity index (χ2n) is 6.80. The summed E-state index contributed by atoms with van der Waals surface area (Å²) in [4.78, 5) is 15.4. The predicted octanol–water partition coefficient (Wildman–Crippen LogP) is 4.29. The van der Waals surface area contributed by atoms with Crippen LogP contribution in [0.3, 0.4) is 0 Å². The smallest absolute Gasteiger partial charge is 0.230 e. The Labute approximate surface area is 140 Å². The van der Waals surface area contributed by atoms with Crippen LogP contribution in [0.4, 0.5) is 0 Å². The van der Waals surface area contributed by atoms with E-state index >= 15 is 0 Å². The number of likely N-dealkylation sites (tertiary alicyclic amines) is 1. The topological polar surface area (TPSA) is 20.3 Å². The molecule has 1 heterocycles. The van der Waals surface area contributed by atoms with Gasteiger partial charge in [0, 0.05) is 23.3 Å². The van der Waals surface area contributed by atoms with Crippen molar-refractivity contribution in [1.82, 2.24) is 4.90 Å². The Morgan fingerprint density at radius 3 is 2.21 bits per heavy atom. The third-order valence-electron chi connectivity index (χ3n) is 6.26. The van der Waals surface area contributed by atoms with Crippen molar-refractivity contribution in [3.8, 4) is 0 Å². The maximum atomic E-state index is 13.1. The van der Waals surface area contributed by atoms with Crippen LogP contribution in [0, 0.1) is 16.2 Å². The third kappa shape index (κ3) is 1.46. The van der Waals surface area contributed by atoms with E-state index in [9.17, 15) is 4.79 Å². The molecule has 4 fully saturated rings. The molecule has 0 aromatic rings. The van der Waals surface area contributed by atoms with Gasteiger partial charge in [0.25, 0.3) is 0 Å². The Bertz CT molecular complexity index is 419. The number of carbonyl (C=O) groups is 1. The SMILES string of the molecule is CC1(C)C2(C(=O)N3CCCC3)CCC1(C(Br)Br)C2Br. The van der Waals surface area contributed by atoms with Crippen molar-refractivity contribution >= 4 is 53.7 Å². The number of hydrogen-bond donors (Lipinski definition) is 0. The fourth-order valence-electron chi connectivity index (χ4n) is 4.87. The molecule has 0 spiro atoms. The van der Waals surface area contributed by atoms with Crippen LogP contribution in [0.1, 0.15) is 39.5 Å². The molecule has 3 aliphatic carbocycles. The Balaban J connectivity index is 1.96. The molecule has 4 aliphatic rings. The first-order chi connectivity index (χ1) is 8.82. The molecule has 3 unspecified atom stereocenters. The van der Waals surface area contributed by atoms with Gasteiger partial charge >= 0.3 is 0 Å². The van der Waals surface area contributed by atoms with E-state index in [1.54, 1.807) is 0 Å². The highest BCUT2D eigenvalue weighted by Crippen LogP contribution is 2.82. The average Bonchev–Trinajstić information content (AvgIpc) is 2.99. The van der Waals surface area contributed by atoms with Crippen LogP contribution in [0.15, 0.2) is 0 Å². The highest BCUT2D eigenvalue weighted by molar-refractivity contribution is 9.24. The molecular weight excluding hydrogens is 438 g/mol. The standard InChI is InChI=1S/C14H20Br3NO/c1-12(2)13(10(16)17)5-6-14(12,9(13)15)11(19)18-7-3-4-8-18/h9-10H,3-8H2,1-2H3. The lowest BCUT2D eigenvalue weighted by atomic mass is 9.43. The molecule has 3 saturated carbocycles. The minimum Gasteiger partial charge on any atom is -0.342 e. The van der Waals surface area contributed by atoms with Gasteiger partial charge in [-0.15, -0.1) is 0 Å². The molecule has 108 valence electrons. The number of halogens is 3. The molecule has 1 amide bonds. The van der Waals surface area contributed by atoms with Gasteiger partial charge in [-0.25, -0.2) is 0 Å². The largest absolute Gasteiger partial charge is 0.342 e. The first-order valence-corrected chi connectivity index (χ1v) is 9.78. The number of rotatable bonds is 2. The van der Waals surface area contributed by atoms with Gasteiger partial charge < -0.3 is 4.90 Å². The monoisotopic (exact) mass is 455 g/mol. The van der Waals surface area contributed by atoms with E-state index < -0.39 is 0 Å². The summed E-state index contributed by atoms with van der Waals surface area (Å²) in [5.74, 6) is 0.394. The molecule has 0 N–H and O–H groups in total. The summed E-state index contributed by atoms with van der Waals surface area (Å²) < 4.78 is 0.258. The molecular formula is C14H20Br3NO. The van der Waals surface area contributed by atoms with Crippen molar-refractivity contribution < 1.29 is 4.79 Å². The van der Waals surface area contributed by atoms with Crippen LogP contribution < -0.4 is 0 Å². The number of alkyl halides is 3. The normalized spacial score (nSPS) is 43.7. The van der Waals surface area contributed by atoms with E-state index in [-0.39, 0.29) is 24.8 Å². The Morgan fingerprint density at radius 1 is 1.21 bits per heavy atom. The second kappa shape index (κ2) is 4.45. The zero-order valence-corrected chi connectivity index (χ0v) is 16.1. The highest BCUT2D eigenvalue weighted by Gasteiger charge is 2.83. The molecule has 2 bridgehead atoms. The molecule has 1 aliphatic heterocycles. The van der Waals surface area contributed by atoms with Gasteiger partial charge in [-0.05, 0) is 31.1 Å². The molecule has 19 heavy (non-hydrogen) atoms. The van der Waals surface area contributed by atoms with Crippen LogP contribution in [0.2, 0.25) is 0 Å². The number of amides is 1. The van der Waals surface area contributed by atoms with Crippen molar-refractivity contribution in [2.75, 3.05) is 13.1 Å². The lowest BCUT2D eigenvalue weighted by Gasteiger charge is -2.66. The predicted molar refractivity (Wildman–Crippen MR) is 88.1 cm³/mol. The van der Waals surface area contributed by atoms with E-state index in [4.69, 9.17) is 0 Å². The number of nitrogens with zero attached hydrogens (tertiary/aromatic N) is 1. The first kappa shape index (κ1) is 14.8. The molecule has 5 heteroatoms. The van der Waals surface area contributed by atoms with Crippen LogP contribution in [0.5, 0.6) is 0 Å². The number of hydrogen-bond acceptors (Lipinski definition) is 1. The molecule has 0 aromatic carbocycles. The molecule has 0 aromatic heterocycles. The minimum atomic E-state index is -0.197. The molecule has 4 rings (SSSR count). The summed E-state index contributed by atoms with van der Waals surface area (Å²) in [5.41, 5.74) is -0.0228. The summed E-state index contributed by atoms with van der Waals surface area (Å²) in [7, 11) is 0.